The van der Waals surface area contributed by atoms with Gasteiger partial charge in [-0.3, -0.25) is 4.99 Å². The minimum atomic E-state index is -0.204. The standard InChI is InChI=1S/C17H19N3O2/c1-13(19-12-8-3-2-7-11-18)15-17(21)22-16(20-15)14-9-5-4-6-10-14/h4-6,9-10,21H,2-3,7-8,12H2,1H3. The van der Waals surface area contributed by atoms with E-state index in [4.69, 9.17) is 9.68 Å². The SMILES string of the molecule is CC(=NCCCCCC#N)c1nc(-c2ccccc2)oc1O. The Morgan fingerprint density at radius 3 is 2.77 bits per heavy atom. The predicted octanol–water partition coefficient (Wildman–Crippen LogP) is 3.94. The van der Waals surface area contributed by atoms with Crippen molar-refractivity contribution < 1.29 is 9.52 Å². The Labute approximate surface area is 130 Å². The van der Waals surface area contributed by atoms with Gasteiger partial charge in [0, 0.05) is 18.5 Å². The fraction of sp³-hybridized carbons (Fsp3) is 0.353. The summed E-state index contributed by atoms with van der Waals surface area (Å²) < 4.78 is 5.31. The summed E-state index contributed by atoms with van der Waals surface area (Å²) in [5.41, 5.74) is 1.85. The van der Waals surface area contributed by atoms with Gasteiger partial charge in [0.15, 0.2) is 5.69 Å². The quantitative estimate of drug-likeness (QED) is 0.620. The number of rotatable bonds is 7. The van der Waals surface area contributed by atoms with Crippen LogP contribution < -0.4 is 0 Å². The number of hydrogen-bond donors (Lipinski definition) is 1. The van der Waals surface area contributed by atoms with E-state index in [1.54, 1.807) is 0 Å². The van der Waals surface area contributed by atoms with Gasteiger partial charge in [-0.05, 0) is 31.9 Å². The van der Waals surface area contributed by atoms with Crippen molar-refractivity contribution in [2.24, 2.45) is 4.99 Å². The van der Waals surface area contributed by atoms with Crippen LogP contribution in [0, 0.1) is 11.3 Å². The van der Waals surface area contributed by atoms with Crippen molar-refractivity contribution in [1.82, 2.24) is 4.98 Å². The van der Waals surface area contributed by atoms with E-state index in [9.17, 15) is 5.11 Å². The molecule has 2 rings (SSSR count). The van der Waals surface area contributed by atoms with E-state index in [-0.39, 0.29) is 5.95 Å². The van der Waals surface area contributed by atoms with Crippen LogP contribution in [0.3, 0.4) is 0 Å². The summed E-state index contributed by atoms with van der Waals surface area (Å²) in [7, 11) is 0. The van der Waals surface area contributed by atoms with E-state index in [2.05, 4.69) is 16.0 Å². The normalized spacial score (nSPS) is 11.4. The Morgan fingerprint density at radius 1 is 1.27 bits per heavy atom. The van der Waals surface area contributed by atoms with E-state index < -0.39 is 0 Å². The molecule has 0 saturated carbocycles. The van der Waals surface area contributed by atoms with E-state index in [0.29, 0.717) is 30.3 Å². The van der Waals surface area contributed by atoms with Crippen LogP contribution in [0.5, 0.6) is 5.95 Å². The molecule has 1 aromatic heterocycles. The van der Waals surface area contributed by atoms with Crippen molar-refractivity contribution in [3.8, 4) is 23.5 Å². The highest BCUT2D eigenvalue weighted by Gasteiger charge is 2.15. The molecule has 1 heterocycles. The molecule has 1 aromatic carbocycles. The topological polar surface area (TPSA) is 82.4 Å². The van der Waals surface area contributed by atoms with Crippen molar-refractivity contribution in [3.05, 3.63) is 36.0 Å². The molecule has 114 valence electrons. The lowest BCUT2D eigenvalue weighted by Gasteiger charge is -1.97. The van der Waals surface area contributed by atoms with E-state index in [0.717, 1.165) is 24.8 Å². The van der Waals surface area contributed by atoms with E-state index >= 15 is 0 Å². The lowest BCUT2D eigenvalue weighted by molar-refractivity contribution is 0.336. The summed E-state index contributed by atoms with van der Waals surface area (Å²) in [4.78, 5) is 8.73. The molecular formula is C17H19N3O2. The van der Waals surface area contributed by atoms with E-state index in [1.165, 1.54) is 0 Å². The first-order valence-electron chi connectivity index (χ1n) is 7.36. The molecule has 0 bridgehead atoms. The maximum Gasteiger partial charge on any atom is 0.312 e. The first-order valence-corrected chi connectivity index (χ1v) is 7.36. The maximum atomic E-state index is 9.89. The summed E-state index contributed by atoms with van der Waals surface area (Å²) in [5.74, 6) is 0.182. The molecule has 0 atom stereocenters. The van der Waals surface area contributed by atoms with Crippen molar-refractivity contribution >= 4 is 5.71 Å². The number of aromatic nitrogens is 1. The largest absolute Gasteiger partial charge is 0.479 e. The lowest BCUT2D eigenvalue weighted by atomic mass is 10.2. The first kappa shape index (κ1) is 15.8. The molecular weight excluding hydrogens is 278 g/mol. The van der Waals surface area contributed by atoms with Crippen molar-refractivity contribution in [1.29, 1.82) is 5.26 Å². The molecule has 0 spiro atoms. The monoisotopic (exact) mass is 297 g/mol. The minimum absolute atomic E-state index is 0.204. The van der Waals surface area contributed by atoms with Gasteiger partial charge >= 0.3 is 5.95 Å². The van der Waals surface area contributed by atoms with Crippen LogP contribution >= 0.6 is 0 Å². The van der Waals surface area contributed by atoms with Gasteiger partial charge in [-0.1, -0.05) is 24.6 Å². The van der Waals surface area contributed by atoms with Crippen molar-refractivity contribution in [2.45, 2.75) is 32.6 Å². The minimum Gasteiger partial charge on any atom is -0.479 e. The molecule has 0 amide bonds. The second-order valence-corrected chi connectivity index (χ2v) is 4.97. The van der Waals surface area contributed by atoms with Gasteiger partial charge in [-0.25, -0.2) is 4.98 Å². The van der Waals surface area contributed by atoms with Gasteiger partial charge in [-0.15, -0.1) is 0 Å². The number of hydrogen-bond acceptors (Lipinski definition) is 5. The zero-order valence-corrected chi connectivity index (χ0v) is 12.6. The molecule has 0 radical (unpaired) electrons. The van der Waals surface area contributed by atoms with E-state index in [1.807, 2.05) is 37.3 Å². The van der Waals surface area contributed by atoms with Gasteiger partial charge in [0.05, 0.1) is 11.8 Å². The first-order chi connectivity index (χ1) is 10.7. The van der Waals surface area contributed by atoms with Crippen LogP contribution in [0.15, 0.2) is 39.7 Å². The summed E-state index contributed by atoms with van der Waals surface area (Å²) in [6.45, 7) is 2.46. The summed E-state index contributed by atoms with van der Waals surface area (Å²) in [6, 6.07) is 11.6. The van der Waals surface area contributed by atoms with Gasteiger partial charge in [0.25, 0.3) is 0 Å². The third-order valence-electron chi connectivity index (χ3n) is 3.27. The van der Waals surface area contributed by atoms with Crippen LogP contribution in [0.4, 0.5) is 0 Å². The number of nitrogens with zero attached hydrogens (tertiary/aromatic N) is 3. The molecule has 22 heavy (non-hydrogen) atoms. The Kier molecular flexibility index (Phi) is 5.73. The average Bonchev–Trinajstić information content (AvgIpc) is 2.93. The van der Waals surface area contributed by atoms with Crippen LogP contribution in [-0.2, 0) is 0 Å². The molecule has 2 aromatic rings. The zero-order chi connectivity index (χ0) is 15.8. The number of unbranched alkanes of at least 4 members (excludes halogenated alkanes) is 3. The molecule has 5 heteroatoms. The molecule has 0 aliphatic heterocycles. The second-order valence-electron chi connectivity index (χ2n) is 4.97. The molecule has 0 saturated heterocycles. The van der Waals surface area contributed by atoms with Crippen molar-refractivity contribution in [3.63, 3.8) is 0 Å². The fourth-order valence-electron chi connectivity index (χ4n) is 2.07. The van der Waals surface area contributed by atoms with Crippen LogP contribution in [0.1, 0.15) is 38.3 Å². The Hall–Kier alpha value is -2.61. The van der Waals surface area contributed by atoms with Gasteiger partial charge in [-0.2, -0.15) is 5.26 Å². The second kappa shape index (κ2) is 7.99. The third-order valence-corrected chi connectivity index (χ3v) is 3.27. The number of aliphatic imine (C=N–C) groups is 1. The third kappa shape index (κ3) is 4.19. The van der Waals surface area contributed by atoms with Crippen LogP contribution in [-0.4, -0.2) is 22.3 Å². The Bertz CT molecular complexity index is 669. The molecule has 0 fully saturated rings. The van der Waals surface area contributed by atoms with Gasteiger partial charge in [0.2, 0.25) is 5.89 Å². The Balaban J connectivity index is 2.00. The highest BCUT2D eigenvalue weighted by molar-refractivity contribution is 5.99. The summed E-state index contributed by atoms with van der Waals surface area (Å²) in [5, 5.41) is 18.4. The smallest absolute Gasteiger partial charge is 0.312 e. The lowest BCUT2D eigenvalue weighted by Crippen LogP contribution is -1.98. The van der Waals surface area contributed by atoms with Crippen LogP contribution in [0.25, 0.3) is 11.5 Å². The summed E-state index contributed by atoms with van der Waals surface area (Å²) >= 11 is 0. The number of benzene rings is 1. The molecule has 0 aliphatic rings. The van der Waals surface area contributed by atoms with Crippen molar-refractivity contribution in [2.75, 3.05) is 6.54 Å². The molecule has 0 unspecified atom stereocenters. The maximum absolute atomic E-state index is 9.89. The summed E-state index contributed by atoms with van der Waals surface area (Å²) in [6.07, 6.45) is 3.39. The van der Waals surface area contributed by atoms with Gasteiger partial charge in [0.1, 0.15) is 0 Å². The predicted molar refractivity (Wildman–Crippen MR) is 84.8 cm³/mol. The molecule has 1 N–H and O–H groups in total. The Morgan fingerprint density at radius 2 is 2.05 bits per heavy atom. The van der Waals surface area contributed by atoms with Crippen LogP contribution in [0.2, 0.25) is 0 Å². The molecule has 5 nitrogen and oxygen atoms in total. The highest BCUT2D eigenvalue weighted by atomic mass is 16.5. The zero-order valence-electron chi connectivity index (χ0n) is 12.6. The number of nitriles is 1. The average molecular weight is 297 g/mol. The number of aromatic hydroxyl groups is 1. The number of oxazole rings is 1. The molecule has 0 aliphatic carbocycles. The van der Waals surface area contributed by atoms with Gasteiger partial charge < -0.3 is 9.52 Å². The fourth-order valence-corrected chi connectivity index (χ4v) is 2.07. The highest BCUT2D eigenvalue weighted by Crippen LogP contribution is 2.26.